The number of rotatable bonds is 5. The largest absolute Gasteiger partial charge is 0.496 e. The van der Waals surface area contributed by atoms with Gasteiger partial charge in [-0.05, 0) is 29.1 Å². The molecule has 4 heteroatoms. The number of esters is 1. The van der Waals surface area contributed by atoms with E-state index in [1.54, 1.807) is 7.11 Å². The molecule has 2 aromatic carbocycles. The highest BCUT2D eigenvalue weighted by Gasteiger charge is 2.22. The Kier molecular flexibility index (Phi) is 4.56. The molecule has 124 valence electrons. The summed E-state index contributed by atoms with van der Waals surface area (Å²) in [5.41, 5.74) is 3.19. The Morgan fingerprint density at radius 3 is 2.67 bits per heavy atom. The number of nitrogens with zero attached hydrogens (tertiary/aromatic N) is 1. The predicted octanol–water partition coefficient (Wildman–Crippen LogP) is 3.88. The predicted molar refractivity (Wildman–Crippen MR) is 94.4 cm³/mol. The number of carbonyl (C=O) groups is 1. The SMILES string of the molecule is COC(=O)CC(c1ccc2ccn(C)c2c1)c1ccccc1OC. The maximum absolute atomic E-state index is 12.0. The molecule has 0 aliphatic carbocycles. The van der Waals surface area contributed by atoms with E-state index < -0.39 is 0 Å². The van der Waals surface area contributed by atoms with E-state index in [0.717, 1.165) is 22.4 Å². The lowest BCUT2D eigenvalue weighted by atomic mass is 9.87. The molecule has 0 fully saturated rings. The second-order valence-electron chi connectivity index (χ2n) is 5.82. The number of carbonyl (C=O) groups excluding carboxylic acids is 1. The van der Waals surface area contributed by atoms with Crippen LogP contribution in [0.3, 0.4) is 0 Å². The summed E-state index contributed by atoms with van der Waals surface area (Å²) in [5.74, 6) is 0.421. The van der Waals surface area contributed by atoms with Gasteiger partial charge in [-0.15, -0.1) is 0 Å². The van der Waals surface area contributed by atoms with Crippen LogP contribution in [0.15, 0.2) is 54.7 Å². The highest BCUT2D eigenvalue weighted by molar-refractivity contribution is 5.81. The first-order valence-electron chi connectivity index (χ1n) is 7.88. The van der Waals surface area contributed by atoms with E-state index >= 15 is 0 Å². The van der Waals surface area contributed by atoms with Crippen LogP contribution in [0.1, 0.15) is 23.5 Å². The minimum absolute atomic E-state index is 0.118. The van der Waals surface area contributed by atoms with Gasteiger partial charge in [-0.2, -0.15) is 0 Å². The Bertz CT molecular complexity index is 866. The van der Waals surface area contributed by atoms with E-state index in [4.69, 9.17) is 9.47 Å². The fourth-order valence-electron chi connectivity index (χ4n) is 3.11. The molecular formula is C20H21NO3. The van der Waals surface area contributed by atoms with Crippen molar-refractivity contribution in [2.75, 3.05) is 14.2 Å². The molecule has 0 saturated heterocycles. The number of fused-ring (bicyclic) bond motifs is 1. The van der Waals surface area contributed by atoms with Crippen LogP contribution in [0, 0.1) is 0 Å². The molecule has 3 rings (SSSR count). The van der Waals surface area contributed by atoms with Crippen LogP contribution in [0.4, 0.5) is 0 Å². The van der Waals surface area contributed by atoms with Gasteiger partial charge in [0.25, 0.3) is 0 Å². The second kappa shape index (κ2) is 6.79. The summed E-state index contributed by atoms with van der Waals surface area (Å²) in [5, 5.41) is 1.18. The molecular weight excluding hydrogens is 302 g/mol. The highest BCUT2D eigenvalue weighted by Crippen LogP contribution is 2.35. The van der Waals surface area contributed by atoms with E-state index in [1.165, 1.54) is 12.5 Å². The summed E-state index contributed by atoms with van der Waals surface area (Å²) >= 11 is 0. The number of para-hydroxylation sites is 1. The lowest BCUT2D eigenvalue weighted by molar-refractivity contribution is -0.140. The minimum Gasteiger partial charge on any atom is -0.496 e. The molecule has 3 aromatic rings. The van der Waals surface area contributed by atoms with Crippen molar-refractivity contribution in [2.24, 2.45) is 7.05 Å². The van der Waals surface area contributed by atoms with Crippen LogP contribution in [-0.2, 0) is 16.6 Å². The van der Waals surface area contributed by atoms with Gasteiger partial charge in [0.1, 0.15) is 5.75 Å². The van der Waals surface area contributed by atoms with E-state index in [2.05, 4.69) is 28.8 Å². The summed E-state index contributed by atoms with van der Waals surface area (Å²) in [4.78, 5) is 12.0. The van der Waals surface area contributed by atoms with Crippen molar-refractivity contribution in [1.82, 2.24) is 4.57 Å². The van der Waals surface area contributed by atoms with Crippen LogP contribution < -0.4 is 4.74 Å². The minimum atomic E-state index is -0.238. The van der Waals surface area contributed by atoms with Crippen molar-refractivity contribution in [1.29, 1.82) is 0 Å². The second-order valence-corrected chi connectivity index (χ2v) is 5.82. The lowest BCUT2D eigenvalue weighted by Crippen LogP contribution is -2.11. The molecule has 0 saturated carbocycles. The molecule has 1 unspecified atom stereocenters. The molecule has 1 aromatic heterocycles. The van der Waals surface area contributed by atoms with Crippen molar-refractivity contribution < 1.29 is 14.3 Å². The molecule has 0 radical (unpaired) electrons. The fraction of sp³-hybridized carbons (Fsp3) is 0.250. The van der Waals surface area contributed by atoms with Crippen molar-refractivity contribution >= 4 is 16.9 Å². The Balaban J connectivity index is 2.12. The molecule has 0 spiro atoms. The van der Waals surface area contributed by atoms with Gasteiger partial charge in [-0.3, -0.25) is 4.79 Å². The van der Waals surface area contributed by atoms with Crippen molar-refractivity contribution in [2.45, 2.75) is 12.3 Å². The van der Waals surface area contributed by atoms with E-state index in [9.17, 15) is 4.79 Å². The summed E-state index contributed by atoms with van der Waals surface area (Å²) in [7, 11) is 5.08. The number of benzene rings is 2. The molecule has 0 bridgehead atoms. The topological polar surface area (TPSA) is 40.5 Å². The maximum Gasteiger partial charge on any atom is 0.306 e. The summed E-state index contributed by atoms with van der Waals surface area (Å²) in [6.07, 6.45) is 2.31. The molecule has 1 heterocycles. The van der Waals surface area contributed by atoms with Crippen molar-refractivity contribution in [3.05, 3.63) is 65.9 Å². The quantitative estimate of drug-likeness (QED) is 0.669. The molecule has 0 amide bonds. The Morgan fingerprint density at radius 2 is 1.92 bits per heavy atom. The number of methoxy groups -OCH3 is 2. The molecule has 0 aliphatic rings. The van der Waals surface area contributed by atoms with Gasteiger partial charge in [-0.1, -0.05) is 30.3 Å². The third-order valence-corrected chi connectivity index (χ3v) is 4.43. The van der Waals surface area contributed by atoms with Gasteiger partial charge < -0.3 is 14.0 Å². The fourth-order valence-corrected chi connectivity index (χ4v) is 3.11. The molecule has 24 heavy (non-hydrogen) atoms. The van der Waals surface area contributed by atoms with Crippen LogP contribution in [0.2, 0.25) is 0 Å². The average molecular weight is 323 g/mol. The van der Waals surface area contributed by atoms with Gasteiger partial charge in [0.15, 0.2) is 0 Å². The third kappa shape index (κ3) is 3.00. The monoisotopic (exact) mass is 323 g/mol. The van der Waals surface area contributed by atoms with Gasteiger partial charge in [0, 0.05) is 30.2 Å². The van der Waals surface area contributed by atoms with E-state index in [1.807, 2.05) is 37.5 Å². The number of aryl methyl sites for hydroxylation is 1. The van der Waals surface area contributed by atoms with Crippen LogP contribution in [-0.4, -0.2) is 24.8 Å². The van der Waals surface area contributed by atoms with Crippen molar-refractivity contribution in [3.8, 4) is 5.75 Å². The molecule has 4 nitrogen and oxygen atoms in total. The average Bonchev–Trinajstić information content (AvgIpc) is 3.00. The maximum atomic E-state index is 12.0. The normalized spacial score (nSPS) is 12.1. The zero-order valence-corrected chi connectivity index (χ0v) is 14.2. The Morgan fingerprint density at radius 1 is 1.12 bits per heavy atom. The van der Waals surface area contributed by atoms with Gasteiger partial charge in [0.05, 0.1) is 20.6 Å². The van der Waals surface area contributed by atoms with Crippen LogP contribution in [0.25, 0.3) is 10.9 Å². The molecule has 0 N–H and O–H groups in total. The lowest BCUT2D eigenvalue weighted by Gasteiger charge is -2.20. The number of hydrogen-bond acceptors (Lipinski definition) is 3. The van der Waals surface area contributed by atoms with Gasteiger partial charge >= 0.3 is 5.97 Å². The standard InChI is InChI=1S/C20H21NO3/c1-21-11-10-14-8-9-15(12-18(14)21)17(13-20(22)24-3)16-6-4-5-7-19(16)23-2/h4-12,17H,13H2,1-3H3. The van der Waals surface area contributed by atoms with Gasteiger partial charge in [-0.25, -0.2) is 0 Å². The third-order valence-electron chi connectivity index (χ3n) is 4.43. The van der Waals surface area contributed by atoms with Gasteiger partial charge in [0.2, 0.25) is 0 Å². The van der Waals surface area contributed by atoms with Crippen molar-refractivity contribution in [3.63, 3.8) is 0 Å². The summed E-state index contributed by atoms with van der Waals surface area (Å²) in [6, 6.07) is 16.2. The molecule has 0 aliphatic heterocycles. The Labute approximate surface area is 141 Å². The van der Waals surface area contributed by atoms with E-state index in [0.29, 0.717) is 0 Å². The first-order chi connectivity index (χ1) is 11.6. The first-order valence-corrected chi connectivity index (χ1v) is 7.88. The zero-order valence-electron chi connectivity index (χ0n) is 14.2. The summed E-state index contributed by atoms with van der Waals surface area (Å²) in [6.45, 7) is 0. The number of aromatic nitrogens is 1. The molecule has 1 atom stereocenters. The smallest absolute Gasteiger partial charge is 0.306 e. The number of ether oxygens (including phenoxy) is 2. The van der Waals surface area contributed by atoms with Crippen LogP contribution in [0.5, 0.6) is 5.75 Å². The number of hydrogen-bond donors (Lipinski definition) is 0. The zero-order chi connectivity index (χ0) is 17.1. The Hall–Kier alpha value is -2.75. The summed E-state index contributed by atoms with van der Waals surface area (Å²) < 4.78 is 12.5. The van der Waals surface area contributed by atoms with Crippen LogP contribution >= 0.6 is 0 Å². The first kappa shape index (κ1) is 16.1. The van der Waals surface area contributed by atoms with E-state index in [-0.39, 0.29) is 18.3 Å². The highest BCUT2D eigenvalue weighted by atomic mass is 16.5.